The number of hydrogen-bond acceptors (Lipinski definition) is 6. The zero-order valence-electron chi connectivity index (χ0n) is 21.5. The molecule has 9 heteroatoms. The normalized spacial score (nSPS) is 16.6. The zero-order chi connectivity index (χ0) is 26.5. The first kappa shape index (κ1) is 27.2. The monoisotopic (exact) mass is 497 g/mol. The second kappa shape index (κ2) is 11.5. The van der Waals surface area contributed by atoms with Crippen molar-refractivity contribution >= 4 is 35.1 Å². The Kier molecular flexibility index (Phi) is 8.70. The molecule has 2 amide bonds. The van der Waals surface area contributed by atoms with Crippen LogP contribution in [0.5, 0.6) is 0 Å². The molecule has 2 unspecified atom stereocenters. The molecule has 0 spiro atoms. The molecule has 2 atom stereocenters. The van der Waals surface area contributed by atoms with Gasteiger partial charge < -0.3 is 24.9 Å². The number of aliphatic hydroxyl groups excluding tert-OH is 1. The van der Waals surface area contributed by atoms with E-state index in [2.05, 4.69) is 10.3 Å². The van der Waals surface area contributed by atoms with Crippen LogP contribution in [0.4, 0.5) is 5.69 Å². The highest BCUT2D eigenvalue weighted by molar-refractivity contribution is 6.35. The second-order valence-corrected chi connectivity index (χ2v) is 9.30. The van der Waals surface area contributed by atoms with Crippen molar-refractivity contribution in [1.82, 2.24) is 10.3 Å². The van der Waals surface area contributed by atoms with Crippen LogP contribution in [-0.4, -0.2) is 59.5 Å². The standard InChI is InChI=1S/C27H35N3O6/c1-6-27(5,11-12-31)36-15-24(32)29-19(4)26(34)35-16-30-23-10-8-7-9-20(23)21(25(30)33)14-22-17(2)13-18(3)28-22/h7-10,13-14,19,28,31H,6,11-12,15-16H2,1-5H3,(H,29,32)/b21-14-. The Balaban J connectivity index is 1.62. The highest BCUT2D eigenvalue weighted by atomic mass is 16.5. The Morgan fingerprint density at radius 1 is 1.28 bits per heavy atom. The lowest BCUT2D eigenvalue weighted by Gasteiger charge is -2.27. The number of H-pyrrole nitrogens is 1. The number of amides is 2. The molecule has 0 saturated heterocycles. The van der Waals surface area contributed by atoms with Crippen molar-refractivity contribution in [1.29, 1.82) is 0 Å². The van der Waals surface area contributed by atoms with E-state index < -0.39 is 23.5 Å². The fraction of sp³-hybridized carbons (Fsp3) is 0.444. The van der Waals surface area contributed by atoms with Gasteiger partial charge in [-0.3, -0.25) is 14.5 Å². The number of rotatable bonds is 11. The Morgan fingerprint density at radius 3 is 2.64 bits per heavy atom. The number of aromatic amines is 1. The Bertz CT molecular complexity index is 1150. The Labute approximate surface area is 211 Å². The van der Waals surface area contributed by atoms with Crippen LogP contribution in [0.2, 0.25) is 0 Å². The van der Waals surface area contributed by atoms with Crippen molar-refractivity contribution in [2.45, 2.75) is 59.1 Å². The molecule has 2 heterocycles. The van der Waals surface area contributed by atoms with E-state index in [0.29, 0.717) is 24.1 Å². The first-order valence-electron chi connectivity index (χ1n) is 12.1. The number of para-hydroxylation sites is 1. The van der Waals surface area contributed by atoms with Crippen LogP contribution in [0.1, 0.15) is 56.1 Å². The number of aromatic nitrogens is 1. The molecule has 9 nitrogen and oxygen atoms in total. The van der Waals surface area contributed by atoms with Crippen LogP contribution in [0.3, 0.4) is 0 Å². The first-order chi connectivity index (χ1) is 17.1. The van der Waals surface area contributed by atoms with Crippen molar-refractivity contribution in [3.8, 4) is 0 Å². The summed E-state index contributed by atoms with van der Waals surface area (Å²) in [7, 11) is 0. The van der Waals surface area contributed by atoms with Crippen molar-refractivity contribution in [2.24, 2.45) is 0 Å². The summed E-state index contributed by atoms with van der Waals surface area (Å²) < 4.78 is 11.0. The molecule has 0 radical (unpaired) electrons. The largest absolute Gasteiger partial charge is 0.442 e. The number of ether oxygens (including phenoxy) is 2. The maximum absolute atomic E-state index is 13.3. The number of carbonyl (C=O) groups excluding carboxylic acids is 3. The minimum absolute atomic E-state index is 0.0474. The average Bonchev–Trinajstić information content (AvgIpc) is 3.31. The van der Waals surface area contributed by atoms with Gasteiger partial charge in [0, 0.05) is 23.6 Å². The molecule has 0 bridgehead atoms. The van der Waals surface area contributed by atoms with Gasteiger partial charge in [-0.2, -0.15) is 0 Å². The molecule has 3 N–H and O–H groups in total. The lowest BCUT2D eigenvalue weighted by molar-refractivity contribution is -0.149. The number of carbonyl (C=O) groups is 3. The fourth-order valence-electron chi connectivity index (χ4n) is 4.04. The number of esters is 1. The van der Waals surface area contributed by atoms with Crippen molar-refractivity contribution < 1.29 is 29.0 Å². The lowest BCUT2D eigenvalue weighted by Crippen LogP contribution is -2.44. The molecule has 36 heavy (non-hydrogen) atoms. The van der Waals surface area contributed by atoms with Crippen LogP contribution >= 0.6 is 0 Å². The van der Waals surface area contributed by atoms with Crippen molar-refractivity contribution in [3.05, 3.63) is 52.8 Å². The number of hydrogen-bond donors (Lipinski definition) is 3. The summed E-state index contributed by atoms with van der Waals surface area (Å²) in [6.45, 7) is 8.59. The van der Waals surface area contributed by atoms with Gasteiger partial charge in [-0.1, -0.05) is 25.1 Å². The summed E-state index contributed by atoms with van der Waals surface area (Å²) in [6.07, 6.45) is 2.84. The molecule has 0 aliphatic carbocycles. The van der Waals surface area contributed by atoms with Gasteiger partial charge in [0.15, 0.2) is 6.73 Å². The predicted molar refractivity (Wildman–Crippen MR) is 137 cm³/mol. The second-order valence-electron chi connectivity index (χ2n) is 9.30. The summed E-state index contributed by atoms with van der Waals surface area (Å²) in [5.41, 5.74) is 4.16. The van der Waals surface area contributed by atoms with Gasteiger partial charge in [0.25, 0.3) is 5.91 Å². The first-order valence-corrected chi connectivity index (χ1v) is 12.1. The highest BCUT2D eigenvalue weighted by Gasteiger charge is 2.33. The quantitative estimate of drug-likeness (QED) is 0.324. The Hall–Kier alpha value is -3.43. The SMILES string of the molecule is CCC(C)(CCO)OCC(=O)NC(C)C(=O)OCN1C(=O)/C(=C\c2[nH]c(C)cc2C)c2ccccc21. The van der Waals surface area contributed by atoms with Crippen molar-refractivity contribution in [3.63, 3.8) is 0 Å². The minimum atomic E-state index is -0.931. The molecule has 194 valence electrons. The molecule has 1 aromatic heterocycles. The number of aryl methyl sites for hydroxylation is 2. The van der Waals surface area contributed by atoms with Gasteiger partial charge in [0.2, 0.25) is 5.91 Å². The zero-order valence-corrected chi connectivity index (χ0v) is 21.5. The van der Waals surface area contributed by atoms with E-state index in [1.165, 1.54) is 11.8 Å². The molecule has 1 aliphatic rings. The van der Waals surface area contributed by atoms with Gasteiger partial charge in [0.1, 0.15) is 12.6 Å². The number of benzene rings is 1. The lowest BCUT2D eigenvalue weighted by atomic mass is 9.99. The fourth-order valence-corrected chi connectivity index (χ4v) is 4.04. The Morgan fingerprint density at radius 2 is 2.00 bits per heavy atom. The molecule has 3 rings (SSSR count). The van der Waals surface area contributed by atoms with Crippen molar-refractivity contribution in [2.75, 3.05) is 24.8 Å². The van der Waals surface area contributed by atoms with Gasteiger partial charge in [-0.25, -0.2) is 4.79 Å². The van der Waals surface area contributed by atoms with Gasteiger partial charge in [0.05, 0.1) is 16.9 Å². The summed E-state index contributed by atoms with van der Waals surface area (Å²) in [5.74, 6) is -1.42. The van der Waals surface area contributed by atoms with E-state index in [4.69, 9.17) is 9.47 Å². The smallest absolute Gasteiger partial charge is 0.330 e. The summed E-state index contributed by atoms with van der Waals surface area (Å²) in [4.78, 5) is 42.7. The van der Waals surface area contributed by atoms with E-state index in [1.54, 1.807) is 6.07 Å². The van der Waals surface area contributed by atoms with E-state index in [9.17, 15) is 19.5 Å². The number of nitrogens with zero attached hydrogens (tertiary/aromatic N) is 1. The van der Waals surface area contributed by atoms with Gasteiger partial charge in [-0.15, -0.1) is 0 Å². The number of nitrogens with one attached hydrogen (secondary N) is 2. The van der Waals surface area contributed by atoms with Gasteiger partial charge >= 0.3 is 5.97 Å². The third-order valence-electron chi connectivity index (χ3n) is 6.45. The predicted octanol–water partition coefficient (Wildman–Crippen LogP) is 3.09. The number of aliphatic hydroxyl groups is 1. The number of anilines is 1. The summed E-state index contributed by atoms with van der Waals surface area (Å²) >= 11 is 0. The maximum Gasteiger partial charge on any atom is 0.330 e. The topological polar surface area (TPSA) is 121 Å². The number of fused-ring (bicyclic) bond motifs is 1. The van der Waals surface area contributed by atoms with Gasteiger partial charge in [-0.05, 0) is 64.3 Å². The molecular weight excluding hydrogens is 462 g/mol. The average molecular weight is 498 g/mol. The molecule has 2 aromatic rings. The van der Waals surface area contributed by atoms with Crippen LogP contribution in [-0.2, 0) is 23.9 Å². The third kappa shape index (κ3) is 6.22. The summed E-state index contributed by atoms with van der Waals surface area (Å²) in [6, 6.07) is 8.40. The van der Waals surface area contributed by atoms with E-state index >= 15 is 0 Å². The molecule has 0 fully saturated rings. The maximum atomic E-state index is 13.3. The van der Waals surface area contributed by atoms with E-state index in [-0.39, 0.29) is 25.9 Å². The molecule has 1 aromatic carbocycles. The molecular formula is C27H35N3O6. The minimum Gasteiger partial charge on any atom is -0.442 e. The van der Waals surface area contributed by atoms with Crippen LogP contribution in [0.15, 0.2) is 30.3 Å². The third-order valence-corrected chi connectivity index (χ3v) is 6.45. The van der Waals surface area contributed by atoms with Crippen LogP contribution in [0.25, 0.3) is 11.6 Å². The summed E-state index contributed by atoms with van der Waals surface area (Å²) in [5, 5.41) is 11.7. The molecule has 0 saturated carbocycles. The van der Waals surface area contributed by atoms with Crippen LogP contribution in [0, 0.1) is 13.8 Å². The molecule has 1 aliphatic heterocycles. The van der Waals surface area contributed by atoms with E-state index in [0.717, 1.165) is 22.5 Å². The van der Waals surface area contributed by atoms with E-state index in [1.807, 2.05) is 58.0 Å². The highest BCUT2D eigenvalue weighted by Crippen LogP contribution is 2.37. The van der Waals surface area contributed by atoms with Crippen LogP contribution < -0.4 is 10.2 Å².